The lowest BCUT2D eigenvalue weighted by Crippen LogP contribution is -2.51. The third-order valence-electron chi connectivity index (χ3n) is 2.72. The second kappa shape index (κ2) is 5.26. The highest BCUT2D eigenvalue weighted by Crippen LogP contribution is 2.23. The van der Waals surface area contributed by atoms with Crippen molar-refractivity contribution in [2.75, 3.05) is 0 Å². The summed E-state index contributed by atoms with van der Waals surface area (Å²) in [5, 5.41) is 0. The number of hydrogen-bond acceptors (Lipinski definition) is 1. The Kier molecular flexibility index (Phi) is 5.21. The molecule has 2 nitrogen and oxygen atoms in total. The van der Waals surface area contributed by atoms with Crippen LogP contribution in [0.15, 0.2) is 12.7 Å². The largest absolute Gasteiger partial charge is 0.242 e. The van der Waals surface area contributed by atoms with Crippen LogP contribution in [0.1, 0.15) is 48.0 Å². The highest BCUT2D eigenvalue weighted by Gasteiger charge is 2.32. The smallest absolute Gasteiger partial charge is 0.0975 e. The molecule has 0 aliphatic rings. The lowest BCUT2D eigenvalue weighted by Gasteiger charge is -2.36. The molecular formula is C12H25NOS. The van der Waals surface area contributed by atoms with Crippen molar-refractivity contribution < 1.29 is 4.21 Å². The Morgan fingerprint density at radius 3 is 2.07 bits per heavy atom. The van der Waals surface area contributed by atoms with E-state index < -0.39 is 11.0 Å². The van der Waals surface area contributed by atoms with Crippen LogP contribution in [0, 0.1) is 5.92 Å². The fourth-order valence-corrected chi connectivity index (χ4v) is 2.11. The quantitative estimate of drug-likeness (QED) is 0.724. The highest BCUT2D eigenvalue weighted by molar-refractivity contribution is 7.84. The molecule has 0 bridgehead atoms. The minimum atomic E-state index is -1.03. The molecule has 0 aliphatic heterocycles. The number of hydrogen-bond donors (Lipinski definition) is 1. The SMILES string of the molecule is C=CC[C@](C)(NS(=O)C(C)(C)C)C(C)C. The standard InChI is InChI=1S/C12H25NOS/c1-8-9-12(7,10(2)3)13-15(14)11(4,5)6/h8,10,13H,1,9H2,2-7H3/t12-,15?/m0/s1. The summed E-state index contributed by atoms with van der Waals surface area (Å²) in [5.41, 5.74) is -0.139. The molecule has 0 spiro atoms. The monoisotopic (exact) mass is 231 g/mol. The van der Waals surface area contributed by atoms with Gasteiger partial charge in [-0.25, -0.2) is 8.93 Å². The number of nitrogens with one attached hydrogen (secondary N) is 1. The summed E-state index contributed by atoms with van der Waals surface area (Å²) in [6, 6.07) is 0. The van der Waals surface area contributed by atoms with Gasteiger partial charge in [-0.2, -0.15) is 0 Å². The topological polar surface area (TPSA) is 29.1 Å². The molecule has 1 N–H and O–H groups in total. The van der Waals surface area contributed by atoms with Crippen molar-refractivity contribution in [2.45, 2.75) is 58.2 Å². The van der Waals surface area contributed by atoms with Crippen LogP contribution in [-0.2, 0) is 11.0 Å². The van der Waals surface area contributed by atoms with E-state index in [0.717, 1.165) is 6.42 Å². The predicted molar refractivity (Wildman–Crippen MR) is 69.1 cm³/mol. The van der Waals surface area contributed by atoms with Gasteiger partial charge in [0.25, 0.3) is 0 Å². The molecule has 0 rings (SSSR count). The molecule has 0 saturated carbocycles. The fraction of sp³-hybridized carbons (Fsp3) is 0.833. The molecule has 2 atom stereocenters. The first kappa shape index (κ1) is 14.8. The molecule has 0 aliphatic carbocycles. The van der Waals surface area contributed by atoms with E-state index in [2.05, 4.69) is 32.1 Å². The molecule has 90 valence electrons. The Bertz CT molecular complexity index is 242. The first-order valence-electron chi connectivity index (χ1n) is 5.44. The van der Waals surface area contributed by atoms with Crippen LogP contribution >= 0.6 is 0 Å². The average Bonchev–Trinajstić information content (AvgIpc) is 2.02. The van der Waals surface area contributed by atoms with E-state index in [-0.39, 0.29) is 10.3 Å². The van der Waals surface area contributed by atoms with Crippen molar-refractivity contribution in [2.24, 2.45) is 5.92 Å². The van der Waals surface area contributed by atoms with E-state index in [9.17, 15) is 4.21 Å². The first-order valence-corrected chi connectivity index (χ1v) is 6.59. The summed E-state index contributed by atoms with van der Waals surface area (Å²) in [7, 11) is -1.03. The molecule has 1 unspecified atom stereocenters. The Morgan fingerprint density at radius 1 is 1.33 bits per heavy atom. The molecule has 0 radical (unpaired) electrons. The van der Waals surface area contributed by atoms with Crippen molar-refractivity contribution >= 4 is 11.0 Å². The van der Waals surface area contributed by atoms with Crippen molar-refractivity contribution in [1.29, 1.82) is 0 Å². The van der Waals surface area contributed by atoms with E-state index in [1.165, 1.54) is 0 Å². The zero-order chi connectivity index (χ0) is 12.3. The zero-order valence-corrected chi connectivity index (χ0v) is 11.7. The van der Waals surface area contributed by atoms with Gasteiger partial charge in [0.1, 0.15) is 0 Å². The first-order chi connectivity index (χ1) is 6.63. The van der Waals surface area contributed by atoms with Crippen LogP contribution in [0.5, 0.6) is 0 Å². The molecule has 0 aromatic carbocycles. The van der Waals surface area contributed by atoms with Crippen molar-refractivity contribution in [3.63, 3.8) is 0 Å². The third-order valence-corrected chi connectivity index (χ3v) is 4.49. The summed E-state index contributed by atoms with van der Waals surface area (Å²) in [4.78, 5) is 0. The van der Waals surface area contributed by atoms with Crippen molar-refractivity contribution in [3.05, 3.63) is 12.7 Å². The van der Waals surface area contributed by atoms with Crippen LogP contribution in [0.4, 0.5) is 0 Å². The van der Waals surface area contributed by atoms with Crippen LogP contribution < -0.4 is 4.72 Å². The summed E-state index contributed by atoms with van der Waals surface area (Å²) in [6.07, 6.45) is 2.71. The Labute approximate surface area is 97.1 Å². The summed E-state index contributed by atoms with van der Waals surface area (Å²) >= 11 is 0. The molecule has 3 heteroatoms. The molecule has 0 aromatic heterocycles. The maximum absolute atomic E-state index is 12.0. The van der Waals surface area contributed by atoms with Gasteiger partial charge >= 0.3 is 0 Å². The Hall–Kier alpha value is -0.150. The van der Waals surface area contributed by atoms with Gasteiger partial charge in [0, 0.05) is 5.54 Å². The van der Waals surface area contributed by atoms with Crippen molar-refractivity contribution in [3.8, 4) is 0 Å². The highest BCUT2D eigenvalue weighted by atomic mass is 32.2. The maximum Gasteiger partial charge on any atom is 0.0975 e. The molecule has 0 amide bonds. The Morgan fingerprint density at radius 2 is 1.80 bits per heavy atom. The number of rotatable bonds is 5. The molecule has 0 fully saturated rings. The molecule has 15 heavy (non-hydrogen) atoms. The van der Waals surface area contributed by atoms with Gasteiger partial charge < -0.3 is 0 Å². The lowest BCUT2D eigenvalue weighted by molar-refractivity contribution is 0.312. The van der Waals surface area contributed by atoms with Crippen LogP contribution in [-0.4, -0.2) is 14.5 Å². The van der Waals surface area contributed by atoms with E-state index in [1.807, 2.05) is 26.8 Å². The molecular weight excluding hydrogens is 206 g/mol. The van der Waals surface area contributed by atoms with E-state index in [4.69, 9.17) is 0 Å². The predicted octanol–water partition coefficient (Wildman–Crippen LogP) is 3.03. The van der Waals surface area contributed by atoms with Gasteiger partial charge in [-0.15, -0.1) is 6.58 Å². The normalized spacial score (nSPS) is 18.6. The second-order valence-corrected chi connectivity index (χ2v) is 7.51. The van der Waals surface area contributed by atoms with Gasteiger partial charge in [0.05, 0.1) is 15.7 Å². The van der Waals surface area contributed by atoms with Gasteiger partial charge in [-0.1, -0.05) is 19.9 Å². The summed E-state index contributed by atoms with van der Waals surface area (Å²) < 4.78 is 15.0. The minimum Gasteiger partial charge on any atom is -0.242 e. The van der Waals surface area contributed by atoms with Crippen molar-refractivity contribution in [1.82, 2.24) is 4.72 Å². The Balaban J connectivity index is 4.70. The van der Waals surface area contributed by atoms with Gasteiger partial charge in [0.2, 0.25) is 0 Å². The van der Waals surface area contributed by atoms with Gasteiger partial charge in [-0.3, -0.25) is 0 Å². The fourth-order valence-electron chi connectivity index (χ4n) is 1.06. The molecule has 0 aromatic rings. The van der Waals surface area contributed by atoms with E-state index in [1.54, 1.807) is 0 Å². The van der Waals surface area contributed by atoms with E-state index >= 15 is 0 Å². The second-order valence-electron chi connectivity index (χ2n) is 5.55. The van der Waals surface area contributed by atoms with E-state index in [0.29, 0.717) is 5.92 Å². The van der Waals surface area contributed by atoms with Crippen LogP contribution in [0.25, 0.3) is 0 Å². The van der Waals surface area contributed by atoms with Gasteiger partial charge in [0.15, 0.2) is 0 Å². The summed E-state index contributed by atoms with van der Waals surface area (Å²) in [6.45, 7) is 16.1. The molecule has 0 heterocycles. The van der Waals surface area contributed by atoms with Gasteiger partial charge in [-0.05, 0) is 40.0 Å². The average molecular weight is 231 g/mol. The minimum absolute atomic E-state index is 0.139. The third kappa shape index (κ3) is 4.47. The van der Waals surface area contributed by atoms with Crippen LogP contribution in [0.2, 0.25) is 0 Å². The lowest BCUT2D eigenvalue weighted by atomic mass is 9.86. The zero-order valence-electron chi connectivity index (χ0n) is 10.9. The summed E-state index contributed by atoms with van der Waals surface area (Å²) in [5.74, 6) is 0.418. The molecule has 0 saturated heterocycles. The van der Waals surface area contributed by atoms with Crippen LogP contribution in [0.3, 0.4) is 0 Å². The maximum atomic E-state index is 12.0.